The largest absolute Gasteiger partial charge is 0.355 e. The predicted octanol–water partition coefficient (Wildman–Crippen LogP) is 1.46. The van der Waals surface area contributed by atoms with Crippen molar-refractivity contribution < 1.29 is 13.2 Å². The molecular weight excluding hydrogens is 264 g/mol. The van der Waals surface area contributed by atoms with Crippen LogP contribution >= 0.6 is 0 Å². The molecule has 5 nitrogen and oxygen atoms in total. The fraction of sp³-hybridized carbons (Fsp3) is 0.923. The minimum absolute atomic E-state index is 0.0797. The van der Waals surface area contributed by atoms with Crippen LogP contribution < -0.4 is 5.32 Å². The highest BCUT2D eigenvalue weighted by atomic mass is 32.2. The first-order valence-electron chi connectivity index (χ1n) is 6.84. The SMILES string of the molecule is CC(C)CCNC(=O)CN(CCC(C)C)S(C)(=O)=O. The quantitative estimate of drug-likeness (QED) is 0.699. The first-order valence-corrected chi connectivity index (χ1v) is 8.69. The number of rotatable bonds is 9. The molecule has 0 saturated heterocycles. The van der Waals surface area contributed by atoms with Crippen LogP contribution in [0, 0.1) is 11.8 Å². The molecule has 0 fully saturated rings. The second-order valence-corrected chi connectivity index (χ2v) is 7.79. The Kier molecular flexibility index (Phi) is 8.25. The average molecular weight is 292 g/mol. The topological polar surface area (TPSA) is 66.5 Å². The average Bonchev–Trinajstić information content (AvgIpc) is 2.21. The van der Waals surface area contributed by atoms with Crippen molar-refractivity contribution in [2.24, 2.45) is 11.8 Å². The molecule has 0 bridgehead atoms. The second kappa shape index (κ2) is 8.53. The molecule has 0 aromatic rings. The molecule has 0 aromatic carbocycles. The number of nitrogens with zero attached hydrogens (tertiary/aromatic N) is 1. The van der Waals surface area contributed by atoms with Gasteiger partial charge in [-0.3, -0.25) is 4.79 Å². The summed E-state index contributed by atoms with van der Waals surface area (Å²) in [5.74, 6) is 0.704. The Morgan fingerprint density at radius 3 is 2.05 bits per heavy atom. The van der Waals surface area contributed by atoms with Crippen LogP contribution in [0.3, 0.4) is 0 Å². The van der Waals surface area contributed by atoms with Crippen LogP contribution in [0.1, 0.15) is 40.5 Å². The molecule has 1 amide bonds. The van der Waals surface area contributed by atoms with Crippen molar-refractivity contribution in [1.29, 1.82) is 0 Å². The molecule has 1 N–H and O–H groups in total. The first kappa shape index (κ1) is 18.4. The van der Waals surface area contributed by atoms with Gasteiger partial charge in [-0.2, -0.15) is 4.31 Å². The molecule has 0 saturated carbocycles. The molecule has 0 aliphatic rings. The maximum absolute atomic E-state index is 11.7. The van der Waals surface area contributed by atoms with E-state index in [9.17, 15) is 13.2 Å². The molecule has 0 aromatic heterocycles. The summed E-state index contributed by atoms with van der Waals surface area (Å²) in [5.41, 5.74) is 0. The summed E-state index contributed by atoms with van der Waals surface area (Å²) in [4.78, 5) is 11.7. The van der Waals surface area contributed by atoms with Crippen LogP contribution in [0.2, 0.25) is 0 Å². The van der Waals surface area contributed by atoms with Gasteiger partial charge >= 0.3 is 0 Å². The number of carbonyl (C=O) groups is 1. The van der Waals surface area contributed by atoms with Crippen molar-refractivity contribution in [2.75, 3.05) is 25.9 Å². The van der Waals surface area contributed by atoms with Gasteiger partial charge in [-0.1, -0.05) is 27.7 Å². The lowest BCUT2D eigenvalue weighted by Gasteiger charge is -2.20. The van der Waals surface area contributed by atoms with E-state index in [0.29, 0.717) is 24.9 Å². The van der Waals surface area contributed by atoms with Gasteiger partial charge in [0.1, 0.15) is 0 Å². The van der Waals surface area contributed by atoms with E-state index < -0.39 is 10.0 Å². The van der Waals surface area contributed by atoms with Crippen LogP contribution in [-0.4, -0.2) is 44.5 Å². The number of hydrogen-bond donors (Lipinski definition) is 1. The molecule has 0 spiro atoms. The molecule has 0 atom stereocenters. The summed E-state index contributed by atoms with van der Waals surface area (Å²) in [6.45, 7) is 9.14. The van der Waals surface area contributed by atoms with Gasteiger partial charge in [0.05, 0.1) is 12.8 Å². The Labute approximate surface area is 117 Å². The molecule has 114 valence electrons. The van der Waals surface area contributed by atoms with Crippen LogP contribution in [0.25, 0.3) is 0 Å². The smallest absolute Gasteiger partial charge is 0.235 e. The monoisotopic (exact) mass is 292 g/mol. The van der Waals surface area contributed by atoms with E-state index in [4.69, 9.17) is 0 Å². The third-order valence-electron chi connectivity index (χ3n) is 2.79. The highest BCUT2D eigenvalue weighted by molar-refractivity contribution is 7.88. The van der Waals surface area contributed by atoms with Crippen molar-refractivity contribution in [3.63, 3.8) is 0 Å². The molecule has 19 heavy (non-hydrogen) atoms. The lowest BCUT2D eigenvalue weighted by Crippen LogP contribution is -2.41. The lowest BCUT2D eigenvalue weighted by molar-refractivity contribution is -0.121. The van der Waals surface area contributed by atoms with Gasteiger partial charge in [-0.15, -0.1) is 0 Å². The van der Waals surface area contributed by atoms with E-state index in [2.05, 4.69) is 19.2 Å². The van der Waals surface area contributed by atoms with Gasteiger partial charge in [0.25, 0.3) is 0 Å². The Hall–Kier alpha value is -0.620. The van der Waals surface area contributed by atoms with Crippen molar-refractivity contribution >= 4 is 15.9 Å². The second-order valence-electron chi connectivity index (χ2n) is 5.81. The van der Waals surface area contributed by atoms with Gasteiger partial charge in [-0.05, 0) is 24.7 Å². The Morgan fingerprint density at radius 1 is 1.11 bits per heavy atom. The van der Waals surface area contributed by atoms with E-state index in [0.717, 1.165) is 19.1 Å². The third-order valence-corrected chi connectivity index (χ3v) is 4.04. The fourth-order valence-electron chi connectivity index (χ4n) is 1.48. The van der Waals surface area contributed by atoms with Crippen LogP contribution in [0.4, 0.5) is 0 Å². The number of carbonyl (C=O) groups excluding carboxylic acids is 1. The summed E-state index contributed by atoms with van der Waals surface area (Å²) in [6.07, 6.45) is 2.80. The minimum atomic E-state index is -3.32. The zero-order valence-corrected chi connectivity index (χ0v) is 13.6. The summed E-state index contributed by atoms with van der Waals surface area (Å²) in [6, 6.07) is 0. The van der Waals surface area contributed by atoms with Gasteiger partial charge in [0, 0.05) is 13.1 Å². The van der Waals surface area contributed by atoms with Gasteiger partial charge in [-0.25, -0.2) is 8.42 Å². The van der Waals surface area contributed by atoms with E-state index in [1.807, 2.05) is 13.8 Å². The van der Waals surface area contributed by atoms with Crippen molar-refractivity contribution in [3.8, 4) is 0 Å². The summed E-state index contributed by atoms with van der Waals surface area (Å²) in [7, 11) is -3.32. The number of amides is 1. The van der Waals surface area contributed by atoms with Gasteiger partial charge < -0.3 is 5.32 Å². The maximum Gasteiger partial charge on any atom is 0.235 e. The fourth-order valence-corrected chi connectivity index (χ4v) is 2.27. The molecule has 0 unspecified atom stereocenters. The normalized spacial score (nSPS) is 12.4. The Bertz CT molecular complexity index is 364. The number of hydrogen-bond acceptors (Lipinski definition) is 3. The zero-order valence-electron chi connectivity index (χ0n) is 12.8. The summed E-state index contributed by atoms with van der Waals surface area (Å²) < 4.78 is 24.5. The van der Waals surface area contributed by atoms with E-state index >= 15 is 0 Å². The number of sulfonamides is 1. The standard InChI is InChI=1S/C13H28N2O3S/c1-11(2)6-8-14-13(16)10-15(19(5,17)18)9-7-12(3)4/h11-12H,6-10H2,1-5H3,(H,14,16). The lowest BCUT2D eigenvalue weighted by atomic mass is 10.1. The highest BCUT2D eigenvalue weighted by Gasteiger charge is 2.19. The zero-order chi connectivity index (χ0) is 15.1. The van der Waals surface area contributed by atoms with Gasteiger partial charge in [0.2, 0.25) is 15.9 Å². The molecular formula is C13H28N2O3S. The van der Waals surface area contributed by atoms with Crippen LogP contribution in [-0.2, 0) is 14.8 Å². The molecule has 0 aliphatic carbocycles. The third kappa shape index (κ3) is 9.90. The Balaban J connectivity index is 4.28. The molecule has 0 heterocycles. The minimum Gasteiger partial charge on any atom is -0.355 e. The van der Waals surface area contributed by atoms with Gasteiger partial charge in [0.15, 0.2) is 0 Å². The molecule has 0 rings (SSSR count). The number of nitrogens with one attached hydrogen (secondary N) is 1. The van der Waals surface area contributed by atoms with E-state index in [1.165, 1.54) is 4.31 Å². The summed E-state index contributed by atoms with van der Waals surface area (Å²) >= 11 is 0. The van der Waals surface area contributed by atoms with Crippen molar-refractivity contribution in [1.82, 2.24) is 9.62 Å². The Morgan fingerprint density at radius 2 is 1.63 bits per heavy atom. The molecule has 0 aliphatic heterocycles. The van der Waals surface area contributed by atoms with Crippen molar-refractivity contribution in [3.05, 3.63) is 0 Å². The first-order chi connectivity index (χ1) is 8.62. The van der Waals surface area contributed by atoms with E-state index in [-0.39, 0.29) is 12.5 Å². The van der Waals surface area contributed by atoms with E-state index in [1.54, 1.807) is 0 Å². The highest BCUT2D eigenvalue weighted by Crippen LogP contribution is 2.05. The van der Waals surface area contributed by atoms with Crippen LogP contribution in [0.15, 0.2) is 0 Å². The predicted molar refractivity (Wildman–Crippen MR) is 78.3 cm³/mol. The maximum atomic E-state index is 11.7. The summed E-state index contributed by atoms with van der Waals surface area (Å²) in [5, 5.41) is 2.76. The molecule has 6 heteroatoms. The van der Waals surface area contributed by atoms with Crippen LogP contribution in [0.5, 0.6) is 0 Å². The van der Waals surface area contributed by atoms with Crippen molar-refractivity contribution in [2.45, 2.75) is 40.5 Å². The molecule has 0 radical (unpaired) electrons.